The van der Waals surface area contributed by atoms with Crippen LogP contribution in [0.25, 0.3) is 0 Å². The quantitative estimate of drug-likeness (QED) is 0.748. The van der Waals surface area contributed by atoms with Gasteiger partial charge >= 0.3 is 0 Å². The van der Waals surface area contributed by atoms with Crippen LogP contribution in [0.15, 0.2) is 41.6 Å². The molecule has 0 saturated heterocycles. The second kappa shape index (κ2) is 8.38. The minimum Gasteiger partial charge on any atom is -0.348 e. The molecule has 1 aromatic carbocycles. The number of carbonyl (C=O) groups is 2. The lowest BCUT2D eigenvalue weighted by atomic mass is 9.68. The molecule has 0 unspecified atom stereocenters. The maximum Gasteiger partial charge on any atom is 0.270 e. The van der Waals surface area contributed by atoms with E-state index in [0.29, 0.717) is 43.5 Å². The van der Waals surface area contributed by atoms with Crippen molar-refractivity contribution >= 4 is 34.8 Å². The summed E-state index contributed by atoms with van der Waals surface area (Å²) in [5, 5.41) is 9.08. The molecule has 1 saturated carbocycles. The van der Waals surface area contributed by atoms with E-state index in [9.17, 15) is 14.0 Å². The first-order chi connectivity index (χ1) is 14.8. The number of rotatable bonds is 4. The number of hydrogen-bond acceptors (Lipinski definition) is 4. The molecule has 2 amide bonds. The molecule has 6 nitrogen and oxygen atoms in total. The standard InChI is InChI=1S/C23H24ClFN4O2/c1-3-20-23(22(31)29(28-20)19-5-4-15(25)13-17(19)24)9-6-16(7-10-23)27-21(30)18-12-14(2)8-11-26-18/h4-5,8,11-13,16H,3,6-7,9-10H2,1-2H3,(H,27,30). The van der Waals surface area contributed by atoms with Crippen LogP contribution in [0.3, 0.4) is 0 Å². The number of nitrogens with one attached hydrogen (secondary N) is 1. The molecule has 1 aliphatic carbocycles. The molecule has 1 spiro atoms. The van der Waals surface area contributed by atoms with Gasteiger partial charge in [0.25, 0.3) is 11.8 Å². The number of benzene rings is 1. The molecule has 8 heteroatoms. The Hall–Kier alpha value is -2.80. The predicted octanol–water partition coefficient (Wildman–Crippen LogP) is 4.65. The molecule has 1 N–H and O–H groups in total. The molecule has 162 valence electrons. The minimum atomic E-state index is -0.699. The number of carbonyl (C=O) groups excluding carboxylic acids is 2. The topological polar surface area (TPSA) is 74.7 Å². The molecule has 0 atom stereocenters. The van der Waals surface area contributed by atoms with E-state index in [1.807, 2.05) is 19.9 Å². The van der Waals surface area contributed by atoms with Crippen LogP contribution in [0.2, 0.25) is 5.02 Å². The largest absolute Gasteiger partial charge is 0.348 e. The summed E-state index contributed by atoms with van der Waals surface area (Å²) in [6.07, 6.45) is 4.74. The number of nitrogens with zero attached hydrogens (tertiary/aromatic N) is 3. The fraction of sp³-hybridized carbons (Fsp3) is 0.391. The van der Waals surface area contributed by atoms with Gasteiger partial charge < -0.3 is 5.32 Å². The monoisotopic (exact) mass is 442 g/mol. The summed E-state index contributed by atoms with van der Waals surface area (Å²) >= 11 is 6.19. The second-order valence-electron chi connectivity index (χ2n) is 8.16. The SMILES string of the molecule is CCC1=NN(c2ccc(F)cc2Cl)C(=O)C12CCC(NC(=O)c1cc(C)ccn1)CC2. The van der Waals surface area contributed by atoms with Crippen LogP contribution in [-0.4, -0.2) is 28.6 Å². The van der Waals surface area contributed by atoms with Gasteiger partial charge in [0, 0.05) is 12.2 Å². The smallest absolute Gasteiger partial charge is 0.270 e. The highest BCUT2D eigenvalue weighted by atomic mass is 35.5. The fourth-order valence-electron chi connectivity index (χ4n) is 4.49. The summed E-state index contributed by atoms with van der Waals surface area (Å²) in [7, 11) is 0. The van der Waals surface area contributed by atoms with E-state index in [0.717, 1.165) is 11.3 Å². The van der Waals surface area contributed by atoms with Crippen LogP contribution in [0.1, 0.15) is 55.1 Å². The van der Waals surface area contributed by atoms with E-state index < -0.39 is 11.2 Å². The second-order valence-corrected chi connectivity index (χ2v) is 8.57. The number of amides is 2. The Morgan fingerprint density at radius 3 is 2.68 bits per heavy atom. The maximum absolute atomic E-state index is 13.5. The number of aromatic nitrogens is 1. The first kappa shape index (κ1) is 21.4. The van der Waals surface area contributed by atoms with Crippen LogP contribution in [0.4, 0.5) is 10.1 Å². The van der Waals surface area contributed by atoms with Gasteiger partial charge in [-0.15, -0.1) is 0 Å². The van der Waals surface area contributed by atoms with Crippen molar-refractivity contribution in [2.75, 3.05) is 5.01 Å². The summed E-state index contributed by atoms with van der Waals surface area (Å²) in [6, 6.07) is 7.50. The Kier molecular flexibility index (Phi) is 5.79. The summed E-state index contributed by atoms with van der Waals surface area (Å²) in [5.74, 6) is -0.802. The van der Waals surface area contributed by atoms with Crippen molar-refractivity contribution in [1.82, 2.24) is 10.3 Å². The highest BCUT2D eigenvalue weighted by Crippen LogP contribution is 2.46. The lowest BCUT2D eigenvalue weighted by Gasteiger charge is -2.36. The molecule has 1 fully saturated rings. The lowest BCUT2D eigenvalue weighted by molar-refractivity contribution is -0.125. The third kappa shape index (κ3) is 3.94. The minimum absolute atomic E-state index is 0.0326. The first-order valence-corrected chi connectivity index (χ1v) is 10.8. The van der Waals surface area contributed by atoms with Crippen LogP contribution in [0, 0.1) is 18.2 Å². The van der Waals surface area contributed by atoms with Gasteiger partial charge in [-0.2, -0.15) is 10.1 Å². The van der Waals surface area contributed by atoms with Crippen molar-refractivity contribution in [3.8, 4) is 0 Å². The Morgan fingerprint density at radius 1 is 1.29 bits per heavy atom. The fourth-order valence-corrected chi connectivity index (χ4v) is 4.74. The third-order valence-electron chi connectivity index (χ3n) is 6.17. The van der Waals surface area contributed by atoms with Gasteiger partial charge in [-0.25, -0.2) is 4.39 Å². The first-order valence-electron chi connectivity index (χ1n) is 10.4. The zero-order valence-electron chi connectivity index (χ0n) is 17.5. The average Bonchev–Trinajstić information content (AvgIpc) is 3.01. The van der Waals surface area contributed by atoms with Gasteiger partial charge in [-0.3, -0.25) is 14.6 Å². The van der Waals surface area contributed by atoms with Crippen molar-refractivity contribution < 1.29 is 14.0 Å². The van der Waals surface area contributed by atoms with Crippen molar-refractivity contribution in [3.63, 3.8) is 0 Å². The van der Waals surface area contributed by atoms with Crippen LogP contribution < -0.4 is 10.3 Å². The van der Waals surface area contributed by atoms with Crippen LogP contribution in [-0.2, 0) is 4.79 Å². The van der Waals surface area contributed by atoms with Crippen molar-refractivity contribution in [2.24, 2.45) is 10.5 Å². The third-order valence-corrected chi connectivity index (χ3v) is 6.47. The highest BCUT2D eigenvalue weighted by Gasteiger charge is 2.52. The number of pyridine rings is 1. The van der Waals surface area contributed by atoms with Crippen molar-refractivity contribution in [2.45, 2.75) is 52.0 Å². The maximum atomic E-state index is 13.5. The Balaban J connectivity index is 1.48. The normalized spacial score (nSPS) is 23.2. The predicted molar refractivity (Wildman–Crippen MR) is 118 cm³/mol. The van der Waals surface area contributed by atoms with Gasteiger partial charge in [-0.1, -0.05) is 18.5 Å². The van der Waals surface area contributed by atoms with Crippen LogP contribution >= 0.6 is 11.6 Å². The van der Waals surface area contributed by atoms with E-state index in [1.165, 1.54) is 23.2 Å². The summed E-state index contributed by atoms with van der Waals surface area (Å²) in [4.78, 5) is 30.1. The van der Waals surface area contributed by atoms with E-state index in [4.69, 9.17) is 11.6 Å². The molecule has 2 aliphatic rings. The highest BCUT2D eigenvalue weighted by molar-refractivity contribution is 6.34. The summed E-state index contributed by atoms with van der Waals surface area (Å²) in [6.45, 7) is 3.89. The molecule has 2 aromatic rings. The van der Waals surface area contributed by atoms with Gasteiger partial charge in [0.1, 0.15) is 11.5 Å². The number of hydrazone groups is 1. The zero-order chi connectivity index (χ0) is 22.2. The van der Waals surface area contributed by atoms with Crippen LogP contribution in [0.5, 0.6) is 0 Å². The molecule has 1 aliphatic heterocycles. The number of anilines is 1. The molecule has 31 heavy (non-hydrogen) atoms. The Morgan fingerprint density at radius 2 is 2.03 bits per heavy atom. The van der Waals surface area contributed by atoms with Crippen molar-refractivity contribution in [1.29, 1.82) is 0 Å². The average molecular weight is 443 g/mol. The molecular formula is C23H24ClFN4O2. The molecule has 0 radical (unpaired) electrons. The van der Waals surface area contributed by atoms with Gasteiger partial charge in [0.15, 0.2) is 0 Å². The zero-order valence-corrected chi connectivity index (χ0v) is 18.2. The lowest BCUT2D eigenvalue weighted by Crippen LogP contribution is -2.47. The van der Waals surface area contributed by atoms with E-state index in [1.54, 1.807) is 12.3 Å². The Labute approximate surface area is 185 Å². The van der Waals surface area contributed by atoms with E-state index in [2.05, 4.69) is 15.4 Å². The van der Waals surface area contributed by atoms with Gasteiger partial charge in [0.05, 0.1) is 21.8 Å². The number of halogens is 2. The molecule has 0 bridgehead atoms. The van der Waals surface area contributed by atoms with E-state index in [-0.39, 0.29) is 22.9 Å². The number of aryl methyl sites for hydroxylation is 1. The van der Waals surface area contributed by atoms with E-state index >= 15 is 0 Å². The molecule has 1 aromatic heterocycles. The molecule has 2 heterocycles. The molecular weight excluding hydrogens is 419 g/mol. The van der Waals surface area contributed by atoms with Crippen molar-refractivity contribution in [3.05, 3.63) is 58.6 Å². The summed E-state index contributed by atoms with van der Waals surface area (Å²) < 4.78 is 13.5. The van der Waals surface area contributed by atoms with Gasteiger partial charge in [-0.05, 0) is 74.9 Å². The Bertz CT molecular complexity index is 1060. The summed E-state index contributed by atoms with van der Waals surface area (Å²) in [5.41, 5.74) is 1.86. The molecule has 4 rings (SSSR count). The number of hydrogen-bond donors (Lipinski definition) is 1. The van der Waals surface area contributed by atoms with Gasteiger partial charge in [0.2, 0.25) is 0 Å².